The van der Waals surface area contributed by atoms with Crippen LogP contribution in [-0.4, -0.2) is 34.7 Å². The van der Waals surface area contributed by atoms with E-state index in [-0.39, 0.29) is 11.9 Å². The zero-order chi connectivity index (χ0) is 15.7. The molecule has 2 rings (SSSR count). The van der Waals surface area contributed by atoms with E-state index in [1.165, 1.54) is 0 Å². The summed E-state index contributed by atoms with van der Waals surface area (Å²) in [5, 5.41) is 5.23. The molecule has 5 heteroatoms. The molecule has 1 amide bonds. The van der Waals surface area contributed by atoms with Crippen molar-refractivity contribution in [1.29, 1.82) is 0 Å². The van der Waals surface area contributed by atoms with Gasteiger partial charge in [-0.05, 0) is 38.0 Å². The maximum Gasteiger partial charge on any atom is 0.246 e. The molecular formula is C16H20ClN3O. The first-order chi connectivity index (χ1) is 9.81. The Balaban J connectivity index is 2.42. The second-order valence-electron chi connectivity index (χ2n) is 5.53. The lowest BCUT2D eigenvalue weighted by atomic mass is 10.1. The Morgan fingerprint density at radius 3 is 2.57 bits per heavy atom. The van der Waals surface area contributed by atoms with Gasteiger partial charge in [-0.2, -0.15) is 5.10 Å². The first kappa shape index (κ1) is 15.6. The molecule has 1 heterocycles. The monoisotopic (exact) mass is 305 g/mol. The van der Waals surface area contributed by atoms with Crippen LogP contribution in [0.4, 0.5) is 0 Å². The smallest absolute Gasteiger partial charge is 0.246 e. The summed E-state index contributed by atoms with van der Waals surface area (Å²) in [4.78, 5) is 13.6. The standard InChI is InChI=1S/C16H20ClN3O/c1-10-6-7-13(14(17)8-10)15-11(2)9-20(18-15)12(3)16(21)19(4)5/h6-9,12H,1-5H3. The maximum atomic E-state index is 12.1. The van der Waals surface area contributed by atoms with E-state index < -0.39 is 0 Å². The molecule has 0 saturated carbocycles. The number of hydrogen-bond acceptors (Lipinski definition) is 2. The highest BCUT2D eigenvalue weighted by Crippen LogP contribution is 2.30. The predicted octanol–water partition coefficient (Wildman–Crippen LogP) is 3.47. The summed E-state index contributed by atoms with van der Waals surface area (Å²) >= 11 is 6.31. The topological polar surface area (TPSA) is 38.1 Å². The van der Waals surface area contributed by atoms with Gasteiger partial charge in [-0.25, -0.2) is 0 Å². The molecule has 1 aromatic carbocycles. The van der Waals surface area contributed by atoms with E-state index in [1.807, 2.05) is 45.2 Å². The van der Waals surface area contributed by atoms with Gasteiger partial charge in [0.15, 0.2) is 0 Å². The van der Waals surface area contributed by atoms with Crippen molar-refractivity contribution in [2.45, 2.75) is 26.8 Å². The summed E-state index contributed by atoms with van der Waals surface area (Å²) in [5.41, 5.74) is 3.82. The average molecular weight is 306 g/mol. The second kappa shape index (κ2) is 5.90. The molecule has 0 saturated heterocycles. The quantitative estimate of drug-likeness (QED) is 0.871. The van der Waals surface area contributed by atoms with Crippen LogP contribution in [0.1, 0.15) is 24.1 Å². The number of amides is 1. The molecule has 21 heavy (non-hydrogen) atoms. The third-order valence-electron chi connectivity index (χ3n) is 3.49. The largest absolute Gasteiger partial charge is 0.347 e. The first-order valence-corrected chi connectivity index (χ1v) is 7.22. The first-order valence-electron chi connectivity index (χ1n) is 6.84. The van der Waals surface area contributed by atoms with E-state index in [4.69, 9.17) is 11.6 Å². The molecule has 0 spiro atoms. The zero-order valence-corrected chi connectivity index (χ0v) is 13.8. The second-order valence-corrected chi connectivity index (χ2v) is 5.94. The Hall–Kier alpha value is -1.81. The minimum atomic E-state index is -0.336. The van der Waals surface area contributed by atoms with Crippen molar-refractivity contribution < 1.29 is 4.79 Å². The van der Waals surface area contributed by atoms with Crippen LogP contribution in [0, 0.1) is 13.8 Å². The summed E-state index contributed by atoms with van der Waals surface area (Å²) in [6.07, 6.45) is 1.89. The fraction of sp³-hybridized carbons (Fsp3) is 0.375. The van der Waals surface area contributed by atoms with Crippen LogP contribution >= 0.6 is 11.6 Å². The van der Waals surface area contributed by atoms with Gasteiger partial charge in [0.25, 0.3) is 0 Å². The third kappa shape index (κ3) is 3.10. The highest BCUT2D eigenvalue weighted by molar-refractivity contribution is 6.33. The molecule has 0 aliphatic rings. The predicted molar refractivity (Wildman–Crippen MR) is 85.6 cm³/mol. The summed E-state index contributed by atoms with van der Waals surface area (Å²) in [7, 11) is 3.49. The van der Waals surface area contributed by atoms with Crippen molar-refractivity contribution in [3.63, 3.8) is 0 Å². The fourth-order valence-electron chi connectivity index (χ4n) is 2.25. The SMILES string of the molecule is Cc1ccc(-c2nn(C(C)C(=O)N(C)C)cc2C)c(Cl)c1. The van der Waals surface area contributed by atoms with Crippen LogP contribution in [0.15, 0.2) is 24.4 Å². The summed E-state index contributed by atoms with van der Waals surface area (Å²) in [5.74, 6) is 0.0130. The van der Waals surface area contributed by atoms with Crippen molar-refractivity contribution in [1.82, 2.24) is 14.7 Å². The number of aromatic nitrogens is 2. The van der Waals surface area contributed by atoms with E-state index >= 15 is 0 Å². The number of halogens is 1. The van der Waals surface area contributed by atoms with Gasteiger partial charge >= 0.3 is 0 Å². The Kier molecular flexibility index (Phi) is 4.37. The lowest BCUT2D eigenvalue weighted by Gasteiger charge is -2.16. The van der Waals surface area contributed by atoms with Gasteiger partial charge in [0, 0.05) is 25.9 Å². The molecule has 0 aliphatic carbocycles. The van der Waals surface area contributed by atoms with Gasteiger partial charge < -0.3 is 4.90 Å². The van der Waals surface area contributed by atoms with Crippen LogP contribution < -0.4 is 0 Å². The lowest BCUT2D eigenvalue weighted by Crippen LogP contribution is -2.30. The van der Waals surface area contributed by atoms with Gasteiger partial charge in [0.05, 0.1) is 10.7 Å². The van der Waals surface area contributed by atoms with Gasteiger partial charge in [-0.15, -0.1) is 0 Å². The van der Waals surface area contributed by atoms with E-state index in [1.54, 1.807) is 23.7 Å². The van der Waals surface area contributed by atoms with Crippen molar-refractivity contribution >= 4 is 17.5 Å². The van der Waals surface area contributed by atoms with Crippen LogP contribution in [0.25, 0.3) is 11.3 Å². The van der Waals surface area contributed by atoms with Gasteiger partial charge in [-0.3, -0.25) is 9.48 Å². The van der Waals surface area contributed by atoms with Gasteiger partial charge in [0.2, 0.25) is 5.91 Å². The minimum Gasteiger partial charge on any atom is -0.347 e. The minimum absolute atomic E-state index is 0.0130. The van der Waals surface area contributed by atoms with Crippen molar-refractivity contribution in [3.8, 4) is 11.3 Å². The lowest BCUT2D eigenvalue weighted by molar-refractivity contribution is -0.131. The molecule has 1 aromatic heterocycles. The number of hydrogen-bond donors (Lipinski definition) is 0. The van der Waals surface area contributed by atoms with Crippen molar-refractivity contribution in [3.05, 3.63) is 40.5 Å². The molecule has 0 fully saturated rings. The number of carbonyl (C=O) groups excluding carboxylic acids is 1. The molecular weight excluding hydrogens is 286 g/mol. The number of benzene rings is 1. The molecule has 1 unspecified atom stereocenters. The van der Waals surface area contributed by atoms with Crippen LogP contribution in [0.2, 0.25) is 5.02 Å². The average Bonchev–Trinajstić information content (AvgIpc) is 2.79. The number of carbonyl (C=O) groups is 1. The normalized spacial score (nSPS) is 12.3. The fourth-order valence-corrected chi connectivity index (χ4v) is 2.57. The number of rotatable bonds is 3. The Morgan fingerprint density at radius 2 is 2.00 bits per heavy atom. The summed E-state index contributed by atoms with van der Waals surface area (Å²) < 4.78 is 1.70. The van der Waals surface area contributed by atoms with Crippen LogP contribution in [-0.2, 0) is 4.79 Å². The van der Waals surface area contributed by atoms with Gasteiger partial charge in [0.1, 0.15) is 6.04 Å². The van der Waals surface area contributed by atoms with Crippen molar-refractivity contribution in [2.75, 3.05) is 14.1 Å². The molecule has 1 atom stereocenters. The van der Waals surface area contributed by atoms with E-state index in [0.717, 1.165) is 22.4 Å². The van der Waals surface area contributed by atoms with Crippen LogP contribution in [0.5, 0.6) is 0 Å². The number of aryl methyl sites for hydroxylation is 2. The Morgan fingerprint density at radius 1 is 1.33 bits per heavy atom. The highest BCUT2D eigenvalue weighted by Gasteiger charge is 2.20. The Bertz CT molecular complexity index is 676. The number of likely N-dealkylation sites (N-methyl/N-ethyl adjacent to an activating group) is 1. The van der Waals surface area contributed by atoms with Crippen LogP contribution in [0.3, 0.4) is 0 Å². The van der Waals surface area contributed by atoms with E-state index in [0.29, 0.717) is 5.02 Å². The zero-order valence-electron chi connectivity index (χ0n) is 13.0. The van der Waals surface area contributed by atoms with E-state index in [9.17, 15) is 4.79 Å². The molecule has 0 bridgehead atoms. The molecule has 4 nitrogen and oxygen atoms in total. The number of nitrogens with zero attached hydrogens (tertiary/aromatic N) is 3. The summed E-state index contributed by atoms with van der Waals surface area (Å²) in [6, 6.07) is 5.56. The van der Waals surface area contributed by atoms with Crippen molar-refractivity contribution in [2.24, 2.45) is 0 Å². The molecule has 112 valence electrons. The highest BCUT2D eigenvalue weighted by atomic mass is 35.5. The Labute approximate surface area is 130 Å². The maximum absolute atomic E-state index is 12.1. The molecule has 0 aliphatic heterocycles. The summed E-state index contributed by atoms with van der Waals surface area (Å²) in [6.45, 7) is 5.82. The molecule has 0 N–H and O–H groups in total. The van der Waals surface area contributed by atoms with E-state index in [2.05, 4.69) is 5.10 Å². The third-order valence-corrected chi connectivity index (χ3v) is 3.80. The molecule has 0 radical (unpaired) electrons. The molecule has 2 aromatic rings. The van der Waals surface area contributed by atoms with Gasteiger partial charge in [-0.1, -0.05) is 23.7 Å².